The average Bonchev–Trinajstić information content (AvgIpc) is 3.30. The van der Waals surface area contributed by atoms with Crippen LogP contribution in [0.15, 0.2) is 66.9 Å². The van der Waals surface area contributed by atoms with E-state index < -0.39 is 0 Å². The number of benzene rings is 2. The van der Waals surface area contributed by atoms with Crippen LogP contribution < -0.4 is 20.3 Å². The maximum absolute atomic E-state index is 12.6. The van der Waals surface area contributed by atoms with E-state index >= 15 is 0 Å². The zero-order valence-corrected chi connectivity index (χ0v) is 16.4. The van der Waals surface area contributed by atoms with Gasteiger partial charge in [0.05, 0.1) is 12.8 Å². The van der Waals surface area contributed by atoms with E-state index in [0.29, 0.717) is 17.1 Å². The first kappa shape index (κ1) is 18.8. The fourth-order valence-electron chi connectivity index (χ4n) is 3.46. The number of nitrogens with one attached hydrogen (secondary N) is 2. The number of nitrogens with zero attached hydrogens (tertiary/aromatic N) is 2. The second-order valence-corrected chi connectivity index (χ2v) is 6.95. The summed E-state index contributed by atoms with van der Waals surface area (Å²) in [5, 5.41) is 6.19. The van der Waals surface area contributed by atoms with E-state index in [0.717, 1.165) is 24.5 Å². The Morgan fingerprint density at radius 3 is 2.52 bits per heavy atom. The average molecular weight is 388 g/mol. The van der Waals surface area contributed by atoms with Gasteiger partial charge in [-0.2, -0.15) is 0 Å². The van der Waals surface area contributed by atoms with Gasteiger partial charge in [0.2, 0.25) is 0 Å². The molecule has 1 aromatic heterocycles. The van der Waals surface area contributed by atoms with Crippen molar-refractivity contribution in [3.63, 3.8) is 0 Å². The Labute approximate surface area is 170 Å². The molecule has 1 saturated heterocycles. The van der Waals surface area contributed by atoms with E-state index in [1.807, 2.05) is 18.2 Å². The Bertz CT molecular complexity index is 982. The normalized spacial score (nSPS) is 13.2. The summed E-state index contributed by atoms with van der Waals surface area (Å²) >= 11 is 0. The monoisotopic (exact) mass is 388 g/mol. The molecule has 0 unspecified atom stereocenters. The van der Waals surface area contributed by atoms with Crippen molar-refractivity contribution < 1.29 is 9.53 Å². The molecule has 3 aromatic rings. The molecule has 29 heavy (non-hydrogen) atoms. The summed E-state index contributed by atoms with van der Waals surface area (Å²) in [6, 6.07) is 19.2. The Hall–Kier alpha value is -3.54. The minimum absolute atomic E-state index is 0.289. The number of rotatable bonds is 6. The quantitative estimate of drug-likeness (QED) is 0.641. The van der Waals surface area contributed by atoms with Crippen molar-refractivity contribution in [1.82, 2.24) is 4.98 Å². The minimum atomic E-state index is -0.289. The maximum atomic E-state index is 12.6. The Morgan fingerprint density at radius 2 is 1.76 bits per heavy atom. The van der Waals surface area contributed by atoms with Gasteiger partial charge >= 0.3 is 0 Å². The van der Waals surface area contributed by atoms with Crippen molar-refractivity contribution in [2.75, 3.05) is 35.7 Å². The molecule has 1 aliphatic rings. The van der Waals surface area contributed by atoms with Crippen LogP contribution in [0.3, 0.4) is 0 Å². The summed E-state index contributed by atoms with van der Waals surface area (Å²) < 4.78 is 5.28. The number of aromatic nitrogens is 1. The Morgan fingerprint density at radius 1 is 1.00 bits per heavy atom. The lowest BCUT2D eigenvalue weighted by atomic mass is 10.2. The highest BCUT2D eigenvalue weighted by molar-refractivity contribution is 6.04. The summed E-state index contributed by atoms with van der Waals surface area (Å²) in [7, 11) is 1.57. The number of anilines is 4. The van der Waals surface area contributed by atoms with Crippen LogP contribution in [0.4, 0.5) is 22.7 Å². The largest absolute Gasteiger partial charge is 0.495 e. The second-order valence-electron chi connectivity index (χ2n) is 6.95. The highest BCUT2D eigenvalue weighted by Crippen LogP contribution is 2.25. The summed E-state index contributed by atoms with van der Waals surface area (Å²) in [6.45, 7) is 2.25. The van der Waals surface area contributed by atoms with Crippen LogP contribution >= 0.6 is 0 Å². The lowest BCUT2D eigenvalue weighted by molar-refractivity contribution is 0.102. The molecule has 0 radical (unpaired) electrons. The summed E-state index contributed by atoms with van der Waals surface area (Å²) in [4.78, 5) is 19.2. The molecule has 1 fully saturated rings. The van der Waals surface area contributed by atoms with Crippen molar-refractivity contribution >= 4 is 28.7 Å². The van der Waals surface area contributed by atoms with Gasteiger partial charge < -0.3 is 20.3 Å². The van der Waals surface area contributed by atoms with Gasteiger partial charge in [0.1, 0.15) is 11.4 Å². The smallest absolute Gasteiger partial charge is 0.274 e. The third-order valence-corrected chi connectivity index (χ3v) is 4.97. The molecule has 6 nitrogen and oxygen atoms in total. The van der Waals surface area contributed by atoms with Gasteiger partial charge in [-0.3, -0.25) is 9.78 Å². The molecule has 2 N–H and O–H groups in total. The molecular formula is C23H24N4O2. The minimum Gasteiger partial charge on any atom is -0.495 e. The van der Waals surface area contributed by atoms with Gasteiger partial charge in [0, 0.05) is 36.3 Å². The fraction of sp³-hybridized carbons (Fsp3) is 0.217. The number of carbonyl (C=O) groups is 1. The Kier molecular flexibility index (Phi) is 5.61. The first-order valence-corrected chi connectivity index (χ1v) is 9.75. The highest BCUT2D eigenvalue weighted by atomic mass is 16.5. The number of hydrogen-bond acceptors (Lipinski definition) is 5. The number of pyridine rings is 1. The van der Waals surface area contributed by atoms with Gasteiger partial charge in [0.25, 0.3) is 5.91 Å². The van der Waals surface area contributed by atoms with Crippen LogP contribution in [-0.4, -0.2) is 31.1 Å². The van der Waals surface area contributed by atoms with Crippen LogP contribution in [0, 0.1) is 0 Å². The predicted octanol–water partition coefficient (Wildman–Crippen LogP) is 4.69. The highest BCUT2D eigenvalue weighted by Gasteiger charge is 2.13. The van der Waals surface area contributed by atoms with Crippen molar-refractivity contribution in [3.8, 4) is 5.75 Å². The maximum Gasteiger partial charge on any atom is 0.274 e. The van der Waals surface area contributed by atoms with Crippen molar-refractivity contribution in [1.29, 1.82) is 0 Å². The molecule has 2 heterocycles. The molecule has 0 saturated carbocycles. The number of para-hydroxylation sites is 2. The van der Waals surface area contributed by atoms with Crippen molar-refractivity contribution in [2.45, 2.75) is 12.8 Å². The van der Waals surface area contributed by atoms with Gasteiger partial charge in [-0.15, -0.1) is 0 Å². The number of carbonyl (C=O) groups excluding carboxylic acids is 1. The van der Waals surface area contributed by atoms with Crippen LogP contribution in [0.25, 0.3) is 0 Å². The third-order valence-electron chi connectivity index (χ3n) is 4.97. The fourth-order valence-corrected chi connectivity index (χ4v) is 3.46. The summed E-state index contributed by atoms with van der Waals surface area (Å²) in [5.74, 6) is 0.316. The van der Waals surface area contributed by atoms with Gasteiger partial charge in [0.15, 0.2) is 0 Å². The molecule has 148 valence electrons. The predicted molar refractivity (Wildman–Crippen MR) is 116 cm³/mol. The molecule has 6 heteroatoms. The molecule has 2 aromatic carbocycles. The van der Waals surface area contributed by atoms with E-state index in [1.54, 1.807) is 31.5 Å². The van der Waals surface area contributed by atoms with Gasteiger partial charge in [-0.25, -0.2) is 0 Å². The number of ether oxygens (including phenoxy) is 1. The molecule has 0 bridgehead atoms. The summed E-state index contributed by atoms with van der Waals surface area (Å²) in [6.07, 6.45) is 4.14. The molecule has 1 amide bonds. The number of amides is 1. The first-order chi connectivity index (χ1) is 14.2. The van der Waals surface area contributed by atoms with Crippen LogP contribution in [0.2, 0.25) is 0 Å². The lowest BCUT2D eigenvalue weighted by Crippen LogP contribution is -2.17. The lowest BCUT2D eigenvalue weighted by Gasteiger charge is -2.18. The standard InChI is InChI=1S/C23H24N4O2/c1-29-22-7-3-2-6-20(22)26-23(28)21-16-18(12-13-24-21)25-17-8-10-19(11-9-17)27-14-4-5-15-27/h2-3,6-13,16H,4-5,14-15H2,1H3,(H,24,25)(H,26,28). The molecule has 0 spiro atoms. The van der Waals surface area contributed by atoms with E-state index in [1.165, 1.54) is 18.5 Å². The van der Waals surface area contributed by atoms with Crippen LogP contribution in [-0.2, 0) is 0 Å². The summed E-state index contributed by atoms with van der Waals surface area (Å²) in [5.41, 5.74) is 3.96. The van der Waals surface area contributed by atoms with Crippen molar-refractivity contribution in [3.05, 3.63) is 72.6 Å². The number of methoxy groups -OCH3 is 1. The van der Waals surface area contributed by atoms with Crippen LogP contribution in [0.5, 0.6) is 5.75 Å². The van der Waals surface area contributed by atoms with Gasteiger partial charge in [-0.1, -0.05) is 12.1 Å². The van der Waals surface area contributed by atoms with Gasteiger partial charge in [-0.05, 0) is 61.4 Å². The van der Waals surface area contributed by atoms with E-state index in [-0.39, 0.29) is 5.91 Å². The zero-order chi connectivity index (χ0) is 20.1. The van der Waals surface area contributed by atoms with Crippen molar-refractivity contribution in [2.24, 2.45) is 0 Å². The van der Waals surface area contributed by atoms with E-state index in [9.17, 15) is 4.79 Å². The SMILES string of the molecule is COc1ccccc1NC(=O)c1cc(Nc2ccc(N3CCCC3)cc2)ccn1. The number of hydrogen-bond donors (Lipinski definition) is 2. The zero-order valence-electron chi connectivity index (χ0n) is 16.4. The topological polar surface area (TPSA) is 66.5 Å². The third kappa shape index (κ3) is 4.48. The molecule has 0 aliphatic carbocycles. The van der Waals surface area contributed by atoms with E-state index in [4.69, 9.17) is 4.74 Å². The second kappa shape index (κ2) is 8.65. The van der Waals surface area contributed by atoms with Crippen LogP contribution in [0.1, 0.15) is 23.3 Å². The van der Waals surface area contributed by atoms with E-state index in [2.05, 4.69) is 44.8 Å². The Balaban J connectivity index is 1.45. The molecule has 0 atom stereocenters. The molecule has 4 rings (SSSR count). The molecule has 1 aliphatic heterocycles. The molecular weight excluding hydrogens is 364 g/mol. The first-order valence-electron chi connectivity index (χ1n) is 9.75.